The SMILES string of the molecule is Cc1ccc2cc(-c3ccc4ccc5cccnc5c4n3)ccc2c1. The smallest absolute Gasteiger partial charge is 0.0972 e. The molecule has 25 heavy (non-hydrogen) atoms. The number of benzene rings is 3. The normalized spacial score (nSPS) is 11.4. The van der Waals surface area contributed by atoms with E-state index in [1.807, 2.05) is 12.3 Å². The van der Waals surface area contributed by atoms with Crippen LogP contribution in [0.25, 0.3) is 43.8 Å². The first-order chi connectivity index (χ1) is 12.3. The molecule has 0 radical (unpaired) electrons. The topological polar surface area (TPSA) is 25.8 Å². The summed E-state index contributed by atoms with van der Waals surface area (Å²) in [6.45, 7) is 2.12. The van der Waals surface area contributed by atoms with E-state index in [-0.39, 0.29) is 0 Å². The van der Waals surface area contributed by atoms with E-state index in [0.29, 0.717) is 0 Å². The number of aromatic nitrogens is 2. The monoisotopic (exact) mass is 320 g/mol. The molecule has 2 heterocycles. The summed E-state index contributed by atoms with van der Waals surface area (Å²) in [5.74, 6) is 0. The fourth-order valence-corrected chi connectivity index (χ4v) is 3.41. The number of hydrogen-bond acceptors (Lipinski definition) is 2. The maximum absolute atomic E-state index is 4.94. The maximum Gasteiger partial charge on any atom is 0.0972 e. The standard InChI is InChI=1S/C23H16N2/c1-15-4-5-19-14-20(9-8-18(19)13-15)21-11-10-17-7-6-16-3-2-12-24-22(16)23(17)25-21/h2-14H,1H3. The van der Waals surface area contributed by atoms with E-state index < -0.39 is 0 Å². The quantitative estimate of drug-likeness (QED) is 0.359. The number of pyridine rings is 2. The predicted octanol–water partition coefficient (Wildman–Crippen LogP) is 5.91. The fourth-order valence-electron chi connectivity index (χ4n) is 3.41. The van der Waals surface area contributed by atoms with Gasteiger partial charge >= 0.3 is 0 Å². The molecule has 0 spiro atoms. The summed E-state index contributed by atoms with van der Waals surface area (Å²) < 4.78 is 0. The van der Waals surface area contributed by atoms with Gasteiger partial charge in [0.1, 0.15) is 0 Å². The summed E-state index contributed by atoms with van der Waals surface area (Å²) in [4.78, 5) is 9.48. The highest BCUT2D eigenvalue weighted by atomic mass is 14.7. The predicted molar refractivity (Wildman–Crippen MR) is 105 cm³/mol. The Kier molecular flexibility index (Phi) is 3.04. The van der Waals surface area contributed by atoms with Crippen LogP contribution in [0.1, 0.15) is 5.56 Å². The van der Waals surface area contributed by atoms with Gasteiger partial charge in [0.25, 0.3) is 0 Å². The number of aryl methyl sites for hydroxylation is 1. The molecule has 0 atom stereocenters. The van der Waals surface area contributed by atoms with Crippen molar-refractivity contribution in [1.82, 2.24) is 9.97 Å². The van der Waals surface area contributed by atoms with Gasteiger partial charge in [-0.1, -0.05) is 60.2 Å². The lowest BCUT2D eigenvalue weighted by molar-refractivity contribution is 1.37. The van der Waals surface area contributed by atoms with Gasteiger partial charge in [-0.05, 0) is 35.9 Å². The summed E-state index contributed by atoms with van der Waals surface area (Å²) in [5, 5.41) is 4.73. The van der Waals surface area contributed by atoms with Crippen LogP contribution in [0.2, 0.25) is 0 Å². The van der Waals surface area contributed by atoms with Crippen molar-refractivity contribution in [1.29, 1.82) is 0 Å². The van der Waals surface area contributed by atoms with Gasteiger partial charge in [0.15, 0.2) is 0 Å². The Labute approximate surface area is 145 Å². The van der Waals surface area contributed by atoms with E-state index >= 15 is 0 Å². The van der Waals surface area contributed by atoms with Gasteiger partial charge in [0.2, 0.25) is 0 Å². The van der Waals surface area contributed by atoms with E-state index in [1.54, 1.807) is 0 Å². The third kappa shape index (κ3) is 2.34. The number of rotatable bonds is 1. The minimum atomic E-state index is 0.957. The molecule has 3 aromatic carbocycles. The van der Waals surface area contributed by atoms with Crippen molar-refractivity contribution in [2.75, 3.05) is 0 Å². The Hall–Kier alpha value is -3.26. The Morgan fingerprint density at radius 1 is 0.640 bits per heavy atom. The second-order valence-electron chi connectivity index (χ2n) is 6.47. The zero-order valence-corrected chi connectivity index (χ0v) is 13.9. The number of hydrogen-bond donors (Lipinski definition) is 0. The molecule has 0 fully saturated rings. The molecule has 2 heteroatoms. The lowest BCUT2D eigenvalue weighted by Crippen LogP contribution is -1.89. The molecule has 0 N–H and O–H groups in total. The van der Waals surface area contributed by atoms with Crippen molar-refractivity contribution in [2.45, 2.75) is 6.92 Å². The Morgan fingerprint density at radius 2 is 1.36 bits per heavy atom. The van der Waals surface area contributed by atoms with Gasteiger partial charge in [0, 0.05) is 22.5 Å². The molecule has 5 aromatic rings. The van der Waals surface area contributed by atoms with E-state index in [1.165, 1.54) is 16.3 Å². The largest absolute Gasteiger partial charge is 0.254 e. The minimum absolute atomic E-state index is 0.957. The molecular formula is C23H16N2. The highest BCUT2D eigenvalue weighted by Crippen LogP contribution is 2.28. The second-order valence-corrected chi connectivity index (χ2v) is 6.47. The third-order valence-corrected chi connectivity index (χ3v) is 4.72. The van der Waals surface area contributed by atoms with Crippen LogP contribution in [-0.2, 0) is 0 Å². The summed E-state index contributed by atoms with van der Waals surface area (Å²) in [7, 11) is 0. The molecule has 5 rings (SSSR count). The maximum atomic E-state index is 4.94. The van der Waals surface area contributed by atoms with Gasteiger partial charge in [-0.25, -0.2) is 4.98 Å². The van der Waals surface area contributed by atoms with Crippen LogP contribution in [0.4, 0.5) is 0 Å². The van der Waals surface area contributed by atoms with Gasteiger partial charge in [-0.15, -0.1) is 0 Å². The van der Waals surface area contributed by atoms with Crippen molar-refractivity contribution in [3.05, 3.63) is 84.6 Å². The first-order valence-corrected chi connectivity index (χ1v) is 8.43. The van der Waals surface area contributed by atoms with Gasteiger partial charge < -0.3 is 0 Å². The molecule has 2 aromatic heterocycles. The van der Waals surface area contributed by atoms with Gasteiger partial charge in [0.05, 0.1) is 16.7 Å². The lowest BCUT2D eigenvalue weighted by atomic mass is 10.0. The Morgan fingerprint density at radius 3 is 2.28 bits per heavy atom. The lowest BCUT2D eigenvalue weighted by Gasteiger charge is -2.07. The zero-order chi connectivity index (χ0) is 16.8. The first-order valence-electron chi connectivity index (χ1n) is 8.43. The van der Waals surface area contributed by atoms with Crippen LogP contribution in [0.5, 0.6) is 0 Å². The Bertz CT molecular complexity index is 1260. The number of nitrogens with zero attached hydrogens (tertiary/aromatic N) is 2. The average Bonchev–Trinajstić information content (AvgIpc) is 2.67. The molecule has 0 saturated heterocycles. The van der Waals surface area contributed by atoms with Crippen molar-refractivity contribution >= 4 is 32.6 Å². The van der Waals surface area contributed by atoms with Crippen LogP contribution >= 0.6 is 0 Å². The van der Waals surface area contributed by atoms with E-state index in [2.05, 4.69) is 78.6 Å². The van der Waals surface area contributed by atoms with Crippen LogP contribution < -0.4 is 0 Å². The molecular weight excluding hydrogens is 304 g/mol. The van der Waals surface area contributed by atoms with Crippen LogP contribution in [-0.4, -0.2) is 9.97 Å². The number of fused-ring (bicyclic) bond motifs is 4. The van der Waals surface area contributed by atoms with E-state index in [4.69, 9.17) is 4.98 Å². The van der Waals surface area contributed by atoms with E-state index in [9.17, 15) is 0 Å². The summed E-state index contributed by atoms with van der Waals surface area (Å²) in [5.41, 5.74) is 5.30. The zero-order valence-electron chi connectivity index (χ0n) is 13.9. The molecule has 0 aliphatic heterocycles. The molecule has 118 valence electrons. The molecule has 0 unspecified atom stereocenters. The Balaban J connectivity index is 1.74. The van der Waals surface area contributed by atoms with Crippen molar-refractivity contribution in [3.8, 4) is 11.3 Å². The third-order valence-electron chi connectivity index (χ3n) is 4.72. The van der Waals surface area contributed by atoms with Crippen LogP contribution in [0.15, 0.2) is 79.0 Å². The molecule has 0 bridgehead atoms. The highest BCUT2D eigenvalue weighted by molar-refractivity contribution is 6.03. The van der Waals surface area contributed by atoms with Crippen LogP contribution in [0, 0.1) is 6.92 Å². The van der Waals surface area contributed by atoms with Crippen molar-refractivity contribution in [3.63, 3.8) is 0 Å². The summed E-state index contributed by atoms with van der Waals surface area (Å²) in [6, 6.07) is 25.5. The molecule has 0 amide bonds. The summed E-state index contributed by atoms with van der Waals surface area (Å²) in [6.07, 6.45) is 1.83. The average molecular weight is 320 g/mol. The van der Waals surface area contributed by atoms with Crippen LogP contribution in [0.3, 0.4) is 0 Å². The van der Waals surface area contributed by atoms with Gasteiger partial charge in [-0.2, -0.15) is 0 Å². The molecule has 0 aliphatic rings. The molecule has 2 nitrogen and oxygen atoms in total. The molecule has 0 aliphatic carbocycles. The van der Waals surface area contributed by atoms with Gasteiger partial charge in [-0.3, -0.25) is 4.98 Å². The highest BCUT2D eigenvalue weighted by Gasteiger charge is 2.07. The molecule has 0 saturated carbocycles. The first kappa shape index (κ1) is 14.1. The summed E-state index contributed by atoms with van der Waals surface area (Å²) >= 11 is 0. The second kappa shape index (κ2) is 5.38. The van der Waals surface area contributed by atoms with Crippen molar-refractivity contribution in [2.24, 2.45) is 0 Å². The minimum Gasteiger partial charge on any atom is -0.254 e. The van der Waals surface area contributed by atoms with Crippen molar-refractivity contribution < 1.29 is 0 Å². The van der Waals surface area contributed by atoms with E-state index in [0.717, 1.165) is 33.1 Å². The fraction of sp³-hybridized carbons (Fsp3) is 0.0435.